The number of benzene rings is 3. The maximum absolute atomic E-state index is 13.3. The van der Waals surface area contributed by atoms with Crippen molar-refractivity contribution in [3.63, 3.8) is 0 Å². The molecule has 0 aliphatic heterocycles. The SMILES string of the molecule is COc1cccc(-n2c(SCC(=O)N[C@H](C)c3ccccc3)nc3ccccc3c2=O)c1. The second-order valence-corrected chi connectivity index (χ2v) is 8.18. The van der Waals surface area contributed by atoms with E-state index in [1.807, 2.05) is 67.6 Å². The zero-order chi connectivity index (χ0) is 22.5. The lowest BCUT2D eigenvalue weighted by Gasteiger charge is -2.16. The minimum absolute atomic E-state index is 0.116. The van der Waals surface area contributed by atoms with Gasteiger partial charge in [0.25, 0.3) is 5.56 Å². The number of aromatic nitrogens is 2. The number of rotatable bonds is 7. The summed E-state index contributed by atoms with van der Waals surface area (Å²) in [4.78, 5) is 30.6. The number of thioether (sulfide) groups is 1. The summed E-state index contributed by atoms with van der Waals surface area (Å²) in [5.41, 5.74) is 2.07. The molecule has 0 spiro atoms. The Kier molecular flexibility index (Phi) is 6.56. The molecular weight excluding hydrogens is 422 g/mol. The van der Waals surface area contributed by atoms with E-state index in [0.29, 0.717) is 27.5 Å². The quantitative estimate of drug-likeness (QED) is 0.338. The highest BCUT2D eigenvalue weighted by Crippen LogP contribution is 2.24. The number of fused-ring (bicyclic) bond motifs is 1. The fraction of sp³-hybridized carbons (Fsp3) is 0.160. The third-order valence-electron chi connectivity index (χ3n) is 5.07. The van der Waals surface area contributed by atoms with E-state index < -0.39 is 0 Å². The van der Waals surface area contributed by atoms with Crippen LogP contribution in [0.3, 0.4) is 0 Å². The molecule has 1 N–H and O–H groups in total. The normalized spacial score (nSPS) is 11.8. The van der Waals surface area contributed by atoms with Crippen LogP contribution in [-0.4, -0.2) is 28.3 Å². The Morgan fingerprint density at radius 1 is 1.06 bits per heavy atom. The van der Waals surface area contributed by atoms with E-state index in [1.54, 1.807) is 25.3 Å². The van der Waals surface area contributed by atoms with Crippen molar-refractivity contribution in [3.8, 4) is 11.4 Å². The van der Waals surface area contributed by atoms with Gasteiger partial charge in [-0.15, -0.1) is 0 Å². The van der Waals surface area contributed by atoms with Crippen LogP contribution in [0.4, 0.5) is 0 Å². The second kappa shape index (κ2) is 9.70. The third kappa shape index (κ3) is 4.68. The summed E-state index contributed by atoms with van der Waals surface area (Å²) in [7, 11) is 1.58. The van der Waals surface area contributed by atoms with Crippen molar-refractivity contribution in [2.45, 2.75) is 18.1 Å². The smallest absolute Gasteiger partial charge is 0.266 e. The van der Waals surface area contributed by atoms with Gasteiger partial charge in [0, 0.05) is 6.07 Å². The van der Waals surface area contributed by atoms with Crippen molar-refractivity contribution in [2.75, 3.05) is 12.9 Å². The van der Waals surface area contributed by atoms with Crippen LogP contribution in [0.25, 0.3) is 16.6 Å². The molecule has 0 saturated heterocycles. The zero-order valence-corrected chi connectivity index (χ0v) is 18.6. The van der Waals surface area contributed by atoms with Crippen molar-refractivity contribution in [2.24, 2.45) is 0 Å². The van der Waals surface area contributed by atoms with Gasteiger partial charge in [0.05, 0.1) is 35.5 Å². The maximum Gasteiger partial charge on any atom is 0.266 e. The summed E-state index contributed by atoms with van der Waals surface area (Å²) in [6.07, 6.45) is 0. The summed E-state index contributed by atoms with van der Waals surface area (Å²) in [5.74, 6) is 0.630. The summed E-state index contributed by atoms with van der Waals surface area (Å²) in [6.45, 7) is 1.94. The molecular formula is C25H23N3O3S. The molecule has 1 amide bonds. The first-order chi connectivity index (χ1) is 15.6. The van der Waals surface area contributed by atoms with Crippen LogP contribution in [0.1, 0.15) is 18.5 Å². The number of hydrogen-bond donors (Lipinski definition) is 1. The van der Waals surface area contributed by atoms with Crippen LogP contribution in [0, 0.1) is 0 Å². The van der Waals surface area contributed by atoms with E-state index in [4.69, 9.17) is 4.74 Å². The van der Waals surface area contributed by atoms with E-state index in [2.05, 4.69) is 10.3 Å². The van der Waals surface area contributed by atoms with Gasteiger partial charge in [-0.2, -0.15) is 0 Å². The predicted molar refractivity (Wildman–Crippen MR) is 128 cm³/mol. The minimum Gasteiger partial charge on any atom is -0.497 e. The van der Waals surface area contributed by atoms with Crippen molar-refractivity contribution >= 4 is 28.6 Å². The summed E-state index contributed by atoms with van der Waals surface area (Å²) < 4.78 is 6.85. The van der Waals surface area contributed by atoms with Crippen molar-refractivity contribution in [3.05, 3.63) is 94.8 Å². The summed E-state index contributed by atoms with van der Waals surface area (Å²) in [6, 6.07) is 24.1. The lowest BCUT2D eigenvalue weighted by molar-refractivity contribution is -0.119. The molecule has 4 rings (SSSR count). The lowest BCUT2D eigenvalue weighted by atomic mass is 10.1. The number of nitrogens with zero attached hydrogens (tertiary/aromatic N) is 2. The first kappa shape index (κ1) is 21.6. The van der Waals surface area contributed by atoms with Gasteiger partial charge < -0.3 is 10.1 Å². The van der Waals surface area contributed by atoms with Gasteiger partial charge in [0.2, 0.25) is 5.91 Å². The number of nitrogens with one attached hydrogen (secondary N) is 1. The molecule has 32 heavy (non-hydrogen) atoms. The molecule has 1 atom stereocenters. The van der Waals surface area contributed by atoms with Crippen LogP contribution >= 0.6 is 11.8 Å². The maximum atomic E-state index is 13.3. The molecule has 3 aromatic carbocycles. The van der Waals surface area contributed by atoms with E-state index in [-0.39, 0.29) is 23.3 Å². The number of ether oxygens (including phenoxy) is 1. The van der Waals surface area contributed by atoms with Gasteiger partial charge in [-0.1, -0.05) is 60.3 Å². The van der Waals surface area contributed by atoms with Crippen molar-refractivity contribution in [1.82, 2.24) is 14.9 Å². The van der Waals surface area contributed by atoms with Gasteiger partial charge in [0.15, 0.2) is 5.16 Å². The molecule has 6 nitrogen and oxygen atoms in total. The van der Waals surface area contributed by atoms with E-state index in [0.717, 1.165) is 5.56 Å². The Morgan fingerprint density at radius 2 is 1.81 bits per heavy atom. The number of carbonyl (C=O) groups excluding carboxylic acids is 1. The van der Waals surface area contributed by atoms with E-state index in [9.17, 15) is 9.59 Å². The molecule has 0 radical (unpaired) electrons. The molecule has 0 bridgehead atoms. The molecule has 1 aromatic heterocycles. The third-order valence-corrected chi connectivity index (χ3v) is 6.00. The van der Waals surface area contributed by atoms with E-state index in [1.165, 1.54) is 16.3 Å². The highest BCUT2D eigenvalue weighted by atomic mass is 32.2. The number of carbonyl (C=O) groups is 1. The van der Waals surface area contributed by atoms with Crippen LogP contribution in [-0.2, 0) is 4.79 Å². The topological polar surface area (TPSA) is 73.2 Å². The number of amides is 1. The predicted octanol–water partition coefficient (Wildman–Crippen LogP) is 4.36. The number of para-hydroxylation sites is 1. The fourth-order valence-corrected chi connectivity index (χ4v) is 4.25. The summed E-state index contributed by atoms with van der Waals surface area (Å²) in [5, 5.41) is 3.96. The highest BCUT2D eigenvalue weighted by Gasteiger charge is 2.16. The van der Waals surface area contributed by atoms with Gasteiger partial charge in [-0.3, -0.25) is 14.2 Å². The Labute approximate surface area is 190 Å². The molecule has 0 fully saturated rings. The monoisotopic (exact) mass is 445 g/mol. The first-order valence-corrected chi connectivity index (χ1v) is 11.2. The number of hydrogen-bond acceptors (Lipinski definition) is 5. The highest BCUT2D eigenvalue weighted by molar-refractivity contribution is 7.99. The fourth-order valence-electron chi connectivity index (χ4n) is 3.42. The van der Waals surface area contributed by atoms with E-state index >= 15 is 0 Å². The van der Waals surface area contributed by atoms with Gasteiger partial charge >= 0.3 is 0 Å². The standard InChI is InChI=1S/C25H23N3O3S/c1-17(18-9-4-3-5-10-18)26-23(29)16-32-25-27-22-14-7-6-13-21(22)24(30)28(25)19-11-8-12-20(15-19)31-2/h3-15,17H,16H2,1-2H3,(H,26,29)/t17-/m1/s1. The van der Waals surface area contributed by atoms with Crippen molar-refractivity contribution in [1.29, 1.82) is 0 Å². The van der Waals surface area contributed by atoms with Gasteiger partial charge in [-0.25, -0.2) is 4.98 Å². The molecule has 0 aliphatic carbocycles. The minimum atomic E-state index is -0.190. The Hall–Kier alpha value is -3.58. The van der Waals surface area contributed by atoms with Crippen LogP contribution in [0.15, 0.2) is 88.8 Å². The van der Waals surface area contributed by atoms with Gasteiger partial charge in [-0.05, 0) is 36.8 Å². The molecule has 4 aromatic rings. The largest absolute Gasteiger partial charge is 0.497 e. The molecule has 0 aliphatic rings. The lowest BCUT2D eigenvalue weighted by Crippen LogP contribution is -2.29. The molecule has 0 saturated carbocycles. The zero-order valence-electron chi connectivity index (χ0n) is 17.8. The molecule has 1 heterocycles. The van der Waals surface area contributed by atoms with Crippen LogP contribution < -0.4 is 15.6 Å². The Morgan fingerprint density at radius 3 is 2.59 bits per heavy atom. The number of methoxy groups -OCH3 is 1. The second-order valence-electron chi connectivity index (χ2n) is 7.24. The average molecular weight is 446 g/mol. The average Bonchev–Trinajstić information content (AvgIpc) is 2.83. The summed E-state index contributed by atoms with van der Waals surface area (Å²) >= 11 is 1.23. The Balaban J connectivity index is 1.64. The molecule has 7 heteroatoms. The van der Waals surface area contributed by atoms with Crippen molar-refractivity contribution < 1.29 is 9.53 Å². The van der Waals surface area contributed by atoms with Crippen LogP contribution in [0.5, 0.6) is 5.75 Å². The molecule has 0 unspecified atom stereocenters. The van der Waals surface area contributed by atoms with Gasteiger partial charge in [0.1, 0.15) is 5.75 Å². The molecule has 162 valence electrons. The van der Waals surface area contributed by atoms with Crippen LogP contribution in [0.2, 0.25) is 0 Å². The Bertz CT molecular complexity index is 1300. The first-order valence-electron chi connectivity index (χ1n) is 10.2.